The van der Waals surface area contributed by atoms with Crippen LogP contribution in [0.2, 0.25) is 0 Å². The Balaban J connectivity index is 1.87. The Bertz CT molecular complexity index is 537. The predicted octanol–water partition coefficient (Wildman–Crippen LogP) is 2.88. The Morgan fingerprint density at radius 1 is 1.28 bits per heavy atom. The van der Waals surface area contributed by atoms with Crippen molar-refractivity contribution in [3.63, 3.8) is 0 Å². The van der Waals surface area contributed by atoms with E-state index in [1.54, 1.807) is 7.11 Å². The summed E-state index contributed by atoms with van der Waals surface area (Å²) < 4.78 is 11.3. The fourth-order valence-corrected chi connectivity index (χ4v) is 2.63. The molecule has 2 N–H and O–H groups in total. The van der Waals surface area contributed by atoms with Crippen molar-refractivity contribution in [2.45, 2.75) is 64.7 Å². The van der Waals surface area contributed by atoms with Gasteiger partial charge in [0.2, 0.25) is 5.88 Å². The van der Waals surface area contributed by atoms with Gasteiger partial charge in [-0.1, -0.05) is 6.07 Å². The average Bonchev–Trinajstić information content (AvgIpc) is 3.12. The van der Waals surface area contributed by atoms with Crippen molar-refractivity contribution >= 4 is 5.96 Å². The number of pyridine rings is 1. The number of hydrogen-bond donors (Lipinski definition) is 2. The summed E-state index contributed by atoms with van der Waals surface area (Å²) in [6.07, 6.45) is 6.99. The highest BCUT2D eigenvalue weighted by Gasteiger charge is 2.17. The van der Waals surface area contributed by atoms with Crippen molar-refractivity contribution in [2.24, 2.45) is 4.99 Å². The van der Waals surface area contributed by atoms with Gasteiger partial charge >= 0.3 is 0 Å². The summed E-state index contributed by atoms with van der Waals surface area (Å²) in [6, 6.07) is 3.97. The molecule has 1 aliphatic carbocycles. The van der Waals surface area contributed by atoms with E-state index in [-0.39, 0.29) is 5.60 Å². The van der Waals surface area contributed by atoms with Gasteiger partial charge in [0.1, 0.15) is 6.10 Å². The number of methoxy groups -OCH3 is 1. The minimum atomic E-state index is -0.239. The summed E-state index contributed by atoms with van der Waals surface area (Å²) in [5, 5.41) is 6.56. The minimum absolute atomic E-state index is 0.239. The van der Waals surface area contributed by atoms with Gasteiger partial charge < -0.3 is 20.1 Å². The Hall–Kier alpha value is -1.82. The number of rotatable bonds is 8. The quantitative estimate of drug-likeness (QED) is 0.558. The molecule has 6 nitrogen and oxygen atoms in total. The van der Waals surface area contributed by atoms with Crippen LogP contribution < -0.4 is 15.4 Å². The van der Waals surface area contributed by atoms with Crippen LogP contribution in [-0.2, 0) is 11.3 Å². The number of ether oxygens (including phenoxy) is 2. The summed E-state index contributed by atoms with van der Waals surface area (Å²) in [5.41, 5.74) is 0.818. The molecule has 0 unspecified atom stereocenters. The first kappa shape index (κ1) is 19.5. The topological polar surface area (TPSA) is 67.8 Å². The van der Waals surface area contributed by atoms with Crippen LogP contribution in [0, 0.1) is 0 Å². The SMILES string of the molecule is CCNC(=NCc1ccc(OC2CCCC2)nc1)NCC(C)(C)OC. The molecule has 0 amide bonds. The second-order valence-corrected chi connectivity index (χ2v) is 7.04. The lowest BCUT2D eigenvalue weighted by Crippen LogP contribution is -2.45. The molecule has 25 heavy (non-hydrogen) atoms. The van der Waals surface area contributed by atoms with E-state index in [1.165, 1.54) is 12.8 Å². The second-order valence-electron chi connectivity index (χ2n) is 7.04. The molecule has 1 saturated carbocycles. The zero-order chi connectivity index (χ0) is 18.1. The monoisotopic (exact) mass is 348 g/mol. The van der Waals surface area contributed by atoms with Gasteiger partial charge in [-0.25, -0.2) is 9.98 Å². The average molecular weight is 348 g/mol. The maximum atomic E-state index is 5.90. The van der Waals surface area contributed by atoms with Gasteiger partial charge in [0.25, 0.3) is 0 Å². The number of aliphatic imine (C=N–C) groups is 1. The summed E-state index contributed by atoms with van der Waals surface area (Å²) in [7, 11) is 1.71. The van der Waals surface area contributed by atoms with E-state index < -0.39 is 0 Å². The summed E-state index contributed by atoms with van der Waals surface area (Å²) in [6.45, 7) is 8.19. The lowest BCUT2D eigenvalue weighted by Gasteiger charge is -2.24. The maximum Gasteiger partial charge on any atom is 0.213 e. The summed E-state index contributed by atoms with van der Waals surface area (Å²) in [4.78, 5) is 9.02. The number of nitrogens with zero attached hydrogens (tertiary/aromatic N) is 2. The molecule has 0 aliphatic heterocycles. The van der Waals surface area contributed by atoms with Gasteiger partial charge in [0, 0.05) is 32.5 Å². The highest BCUT2D eigenvalue weighted by atomic mass is 16.5. The van der Waals surface area contributed by atoms with Crippen LogP contribution in [0.15, 0.2) is 23.3 Å². The van der Waals surface area contributed by atoms with Crippen LogP contribution in [0.25, 0.3) is 0 Å². The Kier molecular flexibility index (Phi) is 7.50. The molecule has 2 rings (SSSR count). The largest absolute Gasteiger partial charge is 0.474 e. The molecular formula is C19H32N4O2. The summed E-state index contributed by atoms with van der Waals surface area (Å²) in [5.74, 6) is 1.49. The zero-order valence-electron chi connectivity index (χ0n) is 16.0. The molecular weight excluding hydrogens is 316 g/mol. The highest BCUT2D eigenvalue weighted by molar-refractivity contribution is 5.79. The highest BCUT2D eigenvalue weighted by Crippen LogP contribution is 2.22. The van der Waals surface area contributed by atoms with Gasteiger partial charge in [0.15, 0.2) is 5.96 Å². The van der Waals surface area contributed by atoms with E-state index in [4.69, 9.17) is 9.47 Å². The fourth-order valence-electron chi connectivity index (χ4n) is 2.63. The van der Waals surface area contributed by atoms with Crippen LogP contribution >= 0.6 is 0 Å². The smallest absolute Gasteiger partial charge is 0.213 e. The van der Waals surface area contributed by atoms with Crippen LogP contribution in [0.4, 0.5) is 0 Å². The molecule has 0 radical (unpaired) electrons. The van der Waals surface area contributed by atoms with Crippen LogP contribution in [-0.4, -0.2) is 42.8 Å². The van der Waals surface area contributed by atoms with E-state index in [0.717, 1.165) is 30.9 Å². The zero-order valence-corrected chi connectivity index (χ0v) is 16.0. The van der Waals surface area contributed by atoms with Crippen molar-refractivity contribution in [3.05, 3.63) is 23.9 Å². The van der Waals surface area contributed by atoms with Gasteiger partial charge in [-0.05, 0) is 52.0 Å². The maximum absolute atomic E-state index is 5.90. The van der Waals surface area contributed by atoms with Crippen LogP contribution in [0.3, 0.4) is 0 Å². The molecule has 0 spiro atoms. The number of hydrogen-bond acceptors (Lipinski definition) is 4. The fraction of sp³-hybridized carbons (Fsp3) is 0.684. The van der Waals surface area contributed by atoms with E-state index in [0.29, 0.717) is 25.1 Å². The molecule has 0 bridgehead atoms. The van der Waals surface area contributed by atoms with E-state index in [1.807, 2.05) is 32.2 Å². The molecule has 0 saturated heterocycles. The third-order valence-electron chi connectivity index (χ3n) is 4.39. The first-order valence-corrected chi connectivity index (χ1v) is 9.21. The molecule has 0 atom stereocenters. The molecule has 1 aromatic rings. The number of guanidine groups is 1. The normalized spacial score (nSPS) is 16.1. The third kappa shape index (κ3) is 6.90. The Morgan fingerprint density at radius 2 is 2.04 bits per heavy atom. The molecule has 0 aromatic carbocycles. The first-order valence-electron chi connectivity index (χ1n) is 9.21. The molecule has 1 heterocycles. The first-order chi connectivity index (χ1) is 12.0. The van der Waals surface area contributed by atoms with Gasteiger partial charge in [0.05, 0.1) is 12.1 Å². The molecule has 1 aliphatic rings. The third-order valence-corrected chi connectivity index (χ3v) is 4.39. The lowest BCUT2D eigenvalue weighted by molar-refractivity contribution is 0.0268. The molecule has 1 fully saturated rings. The van der Waals surface area contributed by atoms with E-state index in [2.05, 4.69) is 27.5 Å². The molecule has 140 valence electrons. The van der Waals surface area contributed by atoms with Gasteiger partial charge in [-0.3, -0.25) is 0 Å². The molecule has 1 aromatic heterocycles. The minimum Gasteiger partial charge on any atom is -0.474 e. The van der Waals surface area contributed by atoms with Crippen molar-refractivity contribution in [1.29, 1.82) is 0 Å². The Morgan fingerprint density at radius 3 is 2.64 bits per heavy atom. The predicted molar refractivity (Wildman–Crippen MR) is 101 cm³/mol. The van der Waals surface area contributed by atoms with E-state index >= 15 is 0 Å². The second kappa shape index (κ2) is 9.61. The van der Waals surface area contributed by atoms with Crippen molar-refractivity contribution in [3.8, 4) is 5.88 Å². The van der Waals surface area contributed by atoms with Crippen molar-refractivity contribution in [1.82, 2.24) is 15.6 Å². The summed E-state index contributed by atoms with van der Waals surface area (Å²) >= 11 is 0. The number of aromatic nitrogens is 1. The van der Waals surface area contributed by atoms with E-state index in [9.17, 15) is 0 Å². The number of nitrogens with one attached hydrogen (secondary N) is 2. The van der Waals surface area contributed by atoms with Gasteiger partial charge in [-0.15, -0.1) is 0 Å². The van der Waals surface area contributed by atoms with Gasteiger partial charge in [-0.2, -0.15) is 0 Å². The standard InChI is InChI=1S/C19H32N4O2/c1-5-20-18(23-14-19(2,3)24-4)22-13-15-10-11-17(21-12-15)25-16-8-6-7-9-16/h10-12,16H,5-9,13-14H2,1-4H3,(H2,20,22,23). The lowest BCUT2D eigenvalue weighted by atomic mass is 10.1. The van der Waals surface area contributed by atoms with Crippen molar-refractivity contribution < 1.29 is 9.47 Å². The van der Waals surface area contributed by atoms with Crippen LogP contribution in [0.5, 0.6) is 5.88 Å². The van der Waals surface area contributed by atoms with Crippen LogP contribution in [0.1, 0.15) is 52.0 Å². The molecule has 6 heteroatoms. The van der Waals surface area contributed by atoms with Crippen molar-refractivity contribution in [2.75, 3.05) is 20.2 Å². The Labute approximate surface area is 151 Å².